The average molecular weight is 360 g/mol. The van der Waals surface area contributed by atoms with Crippen molar-refractivity contribution < 1.29 is 4.74 Å². The molecule has 0 saturated heterocycles. The molecule has 4 rings (SSSR count). The molecule has 126 valence electrons. The van der Waals surface area contributed by atoms with E-state index >= 15 is 0 Å². The van der Waals surface area contributed by atoms with E-state index in [1.807, 2.05) is 11.8 Å². The van der Waals surface area contributed by atoms with Crippen LogP contribution >= 0.6 is 23.1 Å². The predicted octanol–water partition coefficient (Wildman–Crippen LogP) is 4.98. The summed E-state index contributed by atoms with van der Waals surface area (Å²) < 4.78 is 7.12. The van der Waals surface area contributed by atoms with E-state index < -0.39 is 0 Å². The van der Waals surface area contributed by atoms with Crippen LogP contribution in [-0.4, -0.2) is 26.3 Å². The van der Waals surface area contributed by atoms with Crippen molar-refractivity contribution in [3.05, 3.63) is 23.7 Å². The van der Waals surface area contributed by atoms with E-state index in [1.54, 1.807) is 17.7 Å². The second-order valence-electron chi connectivity index (χ2n) is 6.83. The monoisotopic (exact) mass is 359 g/mol. The highest BCUT2D eigenvalue weighted by molar-refractivity contribution is 7.99. The third-order valence-corrected chi connectivity index (χ3v) is 6.63. The van der Waals surface area contributed by atoms with Crippen LogP contribution in [0, 0.1) is 0 Å². The third-order valence-electron chi connectivity index (χ3n) is 4.33. The number of pyridine rings is 1. The molecule has 1 aliphatic rings. The summed E-state index contributed by atoms with van der Waals surface area (Å²) in [5.41, 5.74) is 3.26. The van der Waals surface area contributed by atoms with Crippen molar-refractivity contribution in [2.24, 2.45) is 0 Å². The van der Waals surface area contributed by atoms with E-state index in [0.717, 1.165) is 32.9 Å². The molecule has 0 bridgehead atoms. The van der Waals surface area contributed by atoms with Gasteiger partial charge in [0.1, 0.15) is 16.2 Å². The number of thioether (sulfide) groups is 1. The lowest BCUT2D eigenvalue weighted by Crippen LogP contribution is -2.32. The fourth-order valence-corrected chi connectivity index (χ4v) is 5.27. The van der Waals surface area contributed by atoms with E-state index in [9.17, 15) is 0 Å². The minimum atomic E-state index is -0.134. The lowest BCUT2D eigenvalue weighted by atomic mass is 9.95. The van der Waals surface area contributed by atoms with Crippen molar-refractivity contribution in [2.75, 3.05) is 5.75 Å². The van der Waals surface area contributed by atoms with Crippen LogP contribution in [0.3, 0.4) is 0 Å². The minimum absolute atomic E-state index is 0.134. The van der Waals surface area contributed by atoms with Crippen molar-refractivity contribution in [2.45, 2.75) is 57.3 Å². The van der Waals surface area contributed by atoms with Gasteiger partial charge in [-0.15, -0.1) is 23.1 Å². The first-order chi connectivity index (χ1) is 11.6. The standard InChI is InChI=1S/C18H21N3OS2/c1-4-5-6-23-17-15-14(19-10-20-17)12-7-11-9-22-18(2,3)8-13(11)21-16(12)24-15/h7,10H,4-6,8-9H2,1-3H3. The van der Waals surface area contributed by atoms with Crippen LogP contribution in [0.5, 0.6) is 0 Å². The van der Waals surface area contributed by atoms with Gasteiger partial charge < -0.3 is 4.74 Å². The lowest BCUT2D eigenvalue weighted by Gasteiger charge is -2.30. The van der Waals surface area contributed by atoms with Gasteiger partial charge in [-0.2, -0.15) is 0 Å². The molecule has 0 spiro atoms. The number of thiophene rings is 1. The molecule has 0 aromatic carbocycles. The van der Waals surface area contributed by atoms with E-state index in [1.165, 1.54) is 28.8 Å². The Labute approximate surface area is 150 Å². The number of hydrogen-bond donors (Lipinski definition) is 0. The molecule has 6 heteroatoms. The van der Waals surface area contributed by atoms with Crippen LogP contribution in [0.2, 0.25) is 0 Å². The topological polar surface area (TPSA) is 47.9 Å². The molecule has 0 fully saturated rings. The van der Waals surface area contributed by atoms with Gasteiger partial charge >= 0.3 is 0 Å². The molecule has 0 amide bonds. The summed E-state index contributed by atoms with van der Waals surface area (Å²) >= 11 is 3.55. The molecule has 0 saturated carbocycles. The van der Waals surface area contributed by atoms with Crippen LogP contribution in [-0.2, 0) is 17.8 Å². The fourth-order valence-electron chi connectivity index (χ4n) is 2.98. The highest BCUT2D eigenvalue weighted by atomic mass is 32.2. The van der Waals surface area contributed by atoms with Crippen molar-refractivity contribution in [1.82, 2.24) is 15.0 Å². The van der Waals surface area contributed by atoms with E-state index in [0.29, 0.717) is 6.61 Å². The molecular weight excluding hydrogens is 338 g/mol. The molecule has 4 nitrogen and oxygen atoms in total. The van der Waals surface area contributed by atoms with Gasteiger partial charge in [0.15, 0.2) is 0 Å². The maximum Gasteiger partial charge on any atom is 0.126 e. The molecule has 24 heavy (non-hydrogen) atoms. The lowest BCUT2D eigenvalue weighted by molar-refractivity contribution is -0.0411. The van der Waals surface area contributed by atoms with E-state index in [2.05, 4.69) is 36.8 Å². The van der Waals surface area contributed by atoms with Crippen molar-refractivity contribution in [3.63, 3.8) is 0 Å². The Bertz CT molecular complexity index is 904. The zero-order valence-electron chi connectivity index (χ0n) is 14.3. The second-order valence-corrected chi connectivity index (χ2v) is 8.92. The summed E-state index contributed by atoms with van der Waals surface area (Å²) in [6.45, 7) is 7.10. The molecule has 0 N–H and O–H groups in total. The highest BCUT2D eigenvalue weighted by Crippen LogP contribution is 2.39. The summed E-state index contributed by atoms with van der Waals surface area (Å²) in [6.07, 6.45) is 4.95. The van der Waals surface area contributed by atoms with E-state index in [-0.39, 0.29) is 5.60 Å². The number of hydrogen-bond acceptors (Lipinski definition) is 6. The fraction of sp³-hybridized carbons (Fsp3) is 0.500. The average Bonchev–Trinajstić information content (AvgIpc) is 2.90. The first-order valence-corrected chi connectivity index (χ1v) is 10.2. The first-order valence-electron chi connectivity index (χ1n) is 8.40. The molecule has 0 radical (unpaired) electrons. The molecule has 0 unspecified atom stereocenters. The van der Waals surface area contributed by atoms with Crippen LogP contribution < -0.4 is 0 Å². The van der Waals surface area contributed by atoms with Crippen molar-refractivity contribution in [1.29, 1.82) is 0 Å². The first kappa shape index (κ1) is 16.2. The normalized spacial score (nSPS) is 16.6. The zero-order valence-corrected chi connectivity index (χ0v) is 15.9. The summed E-state index contributed by atoms with van der Waals surface area (Å²) in [5.74, 6) is 1.10. The summed E-state index contributed by atoms with van der Waals surface area (Å²) in [4.78, 5) is 15.1. The Hall–Kier alpha value is -1.24. The Balaban J connectivity index is 1.81. The SMILES string of the molecule is CCCCSc1ncnc2c1sc1nc3c(cc12)COC(C)(C)C3. The number of aromatic nitrogens is 3. The molecule has 4 heterocycles. The van der Waals surface area contributed by atoms with Crippen molar-refractivity contribution in [3.8, 4) is 0 Å². The number of nitrogens with zero attached hydrogens (tertiary/aromatic N) is 3. The summed E-state index contributed by atoms with van der Waals surface area (Å²) in [7, 11) is 0. The Morgan fingerprint density at radius 2 is 2.21 bits per heavy atom. The molecule has 0 aliphatic carbocycles. The van der Waals surface area contributed by atoms with Gasteiger partial charge in [-0.3, -0.25) is 0 Å². The van der Waals surface area contributed by atoms with Gasteiger partial charge in [0, 0.05) is 17.4 Å². The quantitative estimate of drug-likeness (QED) is 0.373. The van der Waals surface area contributed by atoms with Crippen LogP contribution in [0.1, 0.15) is 44.9 Å². The number of ether oxygens (including phenoxy) is 1. The van der Waals surface area contributed by atoms with E-state index in [4.69, 9.17) is 9.72 Å². The van der Waals surface area contributed by atoms with Gasteiger partial charge in [-0.05, 0) is 32.1 Å². The van der Waals surface area contributed by atoms with Gasteiger partial charge in [-0.1, -0.05) is 13.3 Å². The Morgan fingerprint density at radius 1 is 1.33 bits per heavy atom. The largest absolute Gasteiger partial charge is 0.370 e. The molecule has 3 aromatic rings. The minimum Gasteiger partial charge on any atom is -0.370 e. The smallest absolute Gasteiger partial charge is 0.126 e. The number of rotatable bonds is 4. The number of fused-ring (bicyclic) bond motifs is 4. The van der Waals surface area contributed by atoms with Gasteiger partial charge in [0.05, 0.1) is 28.1 Å². The van der Waals surface area contributed by atoms with Crippen LogP contribution in [0.25, 0.3) is 20.4 Å². The predicted molar refractivity (Wildman–Crippen MR) is 101 cm³/mol. The summed E-state index contributed by atoms with van der Waals surface area (Å²) in [6, 6.07) is 2.22. The van der Waals surface area contributed by atoms with Crippen LogP contribution in [0.15, 0.2) is 17.4 Å². The number of unbranched alkanes of at least 4 members (excludes halogenated alkanes) is 1. The molecule has 3 aromatic heterocycles. The van der Waals surface area contributed by atoms with Gasteiger partial charge in [0.2, 0.25) is 0 Å². The van der Waals surface area contributed by atoms with Gasteiger partial charge in [-0.25, -0.2) is 15.0 Å². The summed E-state index contributed by atoms with van der Waals surface area (Å²) in [5, 5.41) is 2.22. The highest BCUT2D eigenvalue weighted by Gasteiger charge is 2.28. The second kappa shape index (κ2) is 6.24. The van der Waals surface area contributed by atoms with Crippen LogP contribution in [0.4, 0.5) is 0 Å². The maximum absolute atomic E-state index is 5.95. The van der Waals surface area contributed by atoms with Gasteiger partial charge in [0.25, 0.3) is 0 Å². The maximum atomic E-state index is 5.95. The Morgan fingerprint density at radius 3 is 3.04 bits per heavy atom. The molecule has 0 atom stereocenters. The molecular formula is C18H21N3OS2. The third kappa shape index (κ3) is 2.91. The molecule has 1 aliphatic heterocycles. The van der Waals surface area contributed by atoms with Crippen molar-refractivity contribution >= 4 is 43.5 Å². The zero-order chi connectivity index (χ0) is 16.7. The Kier molecular flexibility index (Phi) is 4.22.